The molecule has 0 aromatic heterocycles. The molecule has 6 nitrogen and oxygen atoms in total. The van der Waals surface area contributed by atoms with Gasteiger partial charge in [-0.25, -0.2) is 8.42 Å². The summed E-state index contributed by atoms with van der Waals surface area (Å²) in [6.45, 7) is 5.45. The maximum Gasteiger partial charge on any atom is 0.234 e. The molecule has 148 valence electrons. The fourth-order valence-electron chi connectivity index (χ4n) is 2.87. The van der Waals surface area contributed by atoms with E-state index < -0.39 is 15.1 Å². The van der Waals surface area contributed by atoms with Crippen LogP contribution in [0.15, 0.2) is 46.2 Å². The van der Waals surface area contributed by atoms with E-state index in [2.05, 4.69) is 10.6 Å². The van der Waals surface area contributed by atoms with Crippen molar-refractivity contribution in [3.8, 4) is 0 Å². The highest BCUT2D eigenvalue weighted by Crippen LogP contribution is 2.34. The third kappa shape index (κ3) is 4.39. The van der Waals surface area contributed by atoms with Crippen molar-refractivity contribution in [3.05, 3.63) is 47.5 Å². The molecule has 1 heterocycles. The molecule has 0 saturated heterocycles. The minimum atomic E-state index is -3.71. The van der Waals surface area contributed by atoms with E-state index >= 15 is 0 Å². The van der Waals surface area contributed by atoms with Gasteiger partial charge in [0.15, 0.2) is 9.84 Å². The Morgan fingerprint density at radius 2 is 1.93 bits per heavy atom. The van der Waals surface area contributed by atoms with Gasteiger partial charge in [-0.2, -0.15) is 0 Å². The summed E-state index contributed by atoms with van der Waals surface area (Å²) in [5.74, 6) is -0.206. The molecule has 2 amide bonds. The van der Waals surface area contributed by atoms with Gasteiger partial charge in [-0.1, -0.05) is 6.07 Å². The van der Waals surface area contributed by atoms with Crippen LogP contribution in [0.1, 0.15) is 24.5 Å². The lowest BCUT2D eigenvalue weighted by molar-refractivity contribution is -0.116. The van der Waals surface area contributed by atoms with Crippen molar-refractivity contribution in [2.45, 2.75) is 42.2 Å². The molecular formula is C20H22N2O4S2. The fraction of sp³-hybridized carbons (Fsp3) is 0.300. The number of carbonyl (C=O) groups excluding carboxylic acids is 2. The summed E-state index contributed by atoms with van der Waals surface area (Å²) in [6.07, 6.45) is -0.159. The summed E-state index contributed by atoms with van der Waals surface area (Å²) >= 11 is 1.37. The number of fused-ring (bicyclic) bond motifs is 1. The van der Waals surface area contributed by atoms with E-state index in [-0.39, 0.29) is 23.1 Å². The molecule has 2 aromatic carbocycles. The topological polar surface area (TPSA) is 92.3 Å². The minimum absolute atomic E-state index is 0.0977. The van der Waals surface area contributed by atoms with Crippen LogP contribution in [0.5, 0.6) is 0 Å². The molecule has 0 spiro atoms. The van der Waals surface area contributed by atoms with E-state index in [4.69, 9.17) is 0 Å². The molecule has 2 N–H and O–H groups in total. The predicted octanol–water partition coefficient (Wildman–Crippen LogP) is 3.54. The van der Waals surface area contributed by atoms with Crippen molar-refractivity contribution in [1.29, 1.82) is 0 Å². The third-order valence-electron chi connectivity index (χ3n) is 4.71. The van der Waals surface area contributed by atoms with E-state index in [9.17, 15) is 18.0 Å². The van der Waals surface area contributed by atoms with Crippen LogP contribution in [-0.4, -0.2) is 31.2 Å². The van der Waals surface area contributed by atoms with Gasteiger partial charge < -0.3 is 10.6 Å². The number of aryl methyl sites for hydroxylation is 2. The van der Waals surface area contributed by atoms with Crippen LogP contribution in [0.3, 0.4) is 0 Å². The first-order chi connectivity index (χ1) is 13.2. The number of rotatable bonds is 5. The maximum absolute atomic E-state index is 12.9. The Morgan fingerprint density at radius 1 is 1.18 bits per heavy atom. The van der Waals surface area contributed by atoms with Gasteiger partial charge in [0, 0.05) is 17.0 Å². The summed E-state index contributed by atoms with van der Waals surface area (Å²) < 4.78 is 25.8. The number of anilines is 2. The number of carbonyl (C=O) groups is 2. The van der Waals surface area contributed by atoms with Crippen molar-refractivity contribution in [2.75, 3.05) is 16.4 Å². The Morgan fingerprint density at radius 3 is 2.64 bits per heavy atom. The number of nitrogens with one attached hydrogen (secondary N) is 2. The first kappa shape index (κ1) is 20.4. The van der Waals surface area contributed by atoms with Gasteiger partial charge in [0.1, 0.15) is 0 Å². The lowest BCUT2D eigenvalue weighted by atomic mass is 10.1. The zero-order valence-electron chi connectivity index (χ0n) is 15.9. The van der Waals surface area contributed by atoms with Crippen molar-refractivity contribution in [1.82, 2.24) is 0 Å². The lowest BCUT2D eigenvalue weighted by Crippen LogP contribution is -2.25. The van der Waals surface area contributed by atoms with Crippen LogP contribution in [-0.2, 0) is 19.4 Å². The summed E-state index contributed by atoms with van der Waals surface area (Å²) in [4.78, 5) is 24.8. The van der Waals surface area contributed by atoms with Gasteiger partial charge in [-0.3, -0.25) is 9.59 Å². The SMILES string of the molecule is Cc1ccc(NC(=O)C[C@H](C)S(=O)(=O)c2ccc3c(c2)NC(=O)CS3)cc1C. The van der Waals surface area contributed by atoms with E-state index in [0.717, 1.165) is 16.0 Å². The van der Waals surface area contributed by atoms with Crippen LogP contribution >= 0.6 is 11.8 Å². The Labute approximate surface area is 169 Å². The van der Waals surface area contributed by atoms with Gasteiger partial charge in [0.25, 0.3) is 0 Å². The largest absolute Gasteiger partial charge is 0.326 e. The Bertz CT molecular complexity index is 1050. The summed E-state index contributed by atoms with van der Waals surface area (Å²) in [6, 6.07) is 10.2. The van der Waals surface area contributed by atoms with Crippen molar-refractivity contribution < 1.29 is 18.0 Å². The predicted molar refractivity (Wildman–Crippen MR) is 112 cm³/mol. The average Bonchev–Trinajstić information content (AvgIpc) is 2.64. The van der Waals surface area contributed by atoms with E-state index in [1.807, 2.05) is 26.0 Å². The number of sulfone groups is 1. The smallest absolute Gasteiger partial charge is 0.234 e. The molecule has 0 aliphatic carbocycles. The second-order valence-corrected chi connectivity index (χ2v) is 10.3. The molecule has 0 fully saturated rings. The molecule has 1 atom stereocenters. The number of hydrogen-bond donors (Lipinski definition) is 2. The van der Waals surface area contributed by atoms with Crippen LogP contribution in [0.2, 0.25) is 0 Å². The number of benzene rings is 2. The van der Waals surface area contributed by atoms with E-state index in [1.54, 1.807) is 12.1 Å². The quantitative estimate of drug-likeness (QED) is 0.775. The Balaban J connectivity index is 1.73. The molecular weight excluding hydrogens is 396 g/mol. The molecule has 28 heavy (non-hydrogen) atoms. The number of amides is 2. The molecule has 3 rings (SSSR count). The second kappa shape index (κ2) is 7.97. The molecule has 8 heteroatoms. The molecule has 2 aromatic rings. The summed E-state index contributed by atoms with van der Waals surface area (Å²) in [5.41, 5.74) is 3.30. The summed E-state index contributed by atoms with van der Waals surface area (Å²) in [7, 11) is -3.71. The molecule has 1 aliphatic rings. The van der Waals surface area contributed by atoms with Crippen LogP contribution in [0.25, 0.3) is 0 Å². The fourth-order valence-corrected chi connectivity index (χ4v) is 5.04. The molecule has 0 unspecified atom stereocenters. The highest BCUT2D eigenvalue weighted by Gasteiger charge is 2.27. The van der Waals surface area contributed by atoms with Crippen LogP contribution in [0.4, 0.5) is 11.4 Å². The van der Waals surface area contributed by atoms with E-state index in [0.29, 0.717) is 17.1 Å². The molecule has 0 saturated carbocycles. The number of hydrogen-bond acceptors (Lipinski definition) is 5. The molecule has 0 bridgehead atoms. The number of thioether (sulfide) groups is 1. The monoisotopic (exact) mass is 418 g/mol. The zero-order valence-corrected chi connectivity index (χ0v) is 17.5. The second-order valence-electron chi connectivity index (χ2n) is 6.90. The van der Waals surface area contributed by atoms with Crippen molar-refractivity contribution in [3.63, 3.8) is 0 Å². The van der Waals surface area contributed by atoms with Crippen LogP contribution in [0, 0.1) is 13.8 Å². The van der Waals surface area contributed by atoms with Crippen molar-refractivity contribution in [2.24, 2.45) is 0 Å². The summed E-state index contributed by atoms with van der Waals surface area (Å²) in [5, 5.41) is 4.55. The molecule has 0 radical (unpaired) electrons. The lowest BCUT2D eigenvalue weighted by Gasteiger charge is -2.18. The van der Waals surface area contributed by atoms with E-state index in [1.165, 1.54) is 30.8 Å². The average molecular weight is 419 g/mol. The third-order valence-corrected chi connectivity index (χ3v) is 7.92. The van der Waals surface area contributed by atoms with Gasteiger partial charge >= 0.3 is 0 Å². The maximum atomic E-state index is 12.9. The normalized spacial score (nSPS) is 14.8. The zero-order chi connectivity index (χ0) is 20.5. The highest BCUT2D eigenvalue weighted by atomic mass is 32.2. The van der Waals surface area contributed by atoms with Gasteiger partial charge in [-0.15, -0.1) is 11.8 Å². The first-order valence-electron chi connectivity index (χ1n) is 8.84. The van der Waals surface area contributed by atoms with Gasteiger partial charge in [0.05, 0.1) is 21.6 Å². The minimum Gasteiger partial charge on any atom is -0.326 e. The highest BCUT2D eigenvalue weighted by molar-refractivity contribution is 8.00. The van der Waals surface area contributed by atoms with Gasteiger partial charge in [0.2, 0.25) is 11.8 Å². The van der Waals surface area contributed by atoms with Crippen LogP contribution < -0.4 is 10.6 Å². The Hall–Kier alpha value is -2.32. The van der Waals surface area contributed by atoms with Crippen molar-refractivity contribution >= 4 is 44.8 Å². The first-order valence-corrected chi connectivity index (χ1v) is 11.4. The standard InChI is InChI=1S/C20H22N2O4S2/c1-12-4-5-15(8-13(12)2)21-19(23)9-14(3)28(25,26)16-6-7-18-17(10-16)22-20(24)11-27-18/h4-8,10,14H,9,11H2,1-3H3,(H,21,23)(H,22,24)/t14-/m0/s1. The Kier molecular flexibility index (Phi) is 5.81. The molecule has 1 aliphatic heterocycles. The van der Waals surface area contributed by atoms with Gasteiger partial charge in [-0.05, 0) is 62.2 Å².